The molecule has 5 heteroatoms. The average Bonchev–Trinajstić information content (AvgIpc) is 2.90. The molecule has 0 fully saturated rings. The minimum atomic E-state index is 0.588. The van der Waals surface area contributed by atoms with Crippen molar-refractivity contribution >= 4 is 5.69 Å². The Labute approximate surface area is 123 Å². The number of benzene rings is 1. The zero-order valence-corrected chi connectivity index (χ0v) is 11.9. The number of aryl methyl sites for hydroxylation is 1. The zero-order chi connectivity index (χ0) is 14.8. The van der Waals surface area contributed by atoms with Crippen molar-refractivity contribution in [3.05, 3.63) is 54.4 Å². The van der Waals surface area contributed by atoms with Crippen molar-refractivity contribution in [1.29, 1.82) is 0 Å². The van der Waals surface area contributed by atoms with Gasteiger partial charge in [0.15, 0.2) is 5.82 Å². The Morgan fingerprint density at radius 2 is 2.05 bits per heavy atom. The van der Waals surface area contributed by atoms with Gasteiger partial charge in [-0.2, -0.15) is 5.10 Å². The number of rotatable bonds is 3. The molecule has 0 saturated carbocycles. The molecular formula is C16H16N4O. The highest BCUT2D eigenvalue weighted by Crippen LogP contribution is 2.33. The highest BCUT2D eigenvalue weighted by Gasteiger charge is 2.14. The maximum absolute atomic E-state index is 6.12. The Morgan fingerprint density at radius 1 is 1.19 bits per heavy atom. The van der Waals surface area contributed by atoms with Crippen LogP contribution in [0.2, 0.25) is 0 Å². The van der Waals surface area contributed by atoms with Gasteiger partial charge in [0.05, 0.1) is 19.0 Å². The quantitative estimate of drug-likeness (QED) is 0.801. The maximum Gasteiger partial charge on any atom is 0.153 e. The molecule has 2 N–H and O–H groups in total. The number of methoxy groups -OCH3 is 1. The summed E-state index contributed by atoms with van der Waals surface area (Å²) in [6.45, 7) is 2.02. The molecular weight excluding hydrogens is 264 g/mol. The molecule has 5 nitrogen and oxygen atoms in total. The summed E-state index contributed by atoms with van der Waals surface area (Å²) >= 11 is 0. The summed E-state index contributed by atoms with van der Waals surface area (Å²) in [7, 11) is 1.64. The van der Waals surface area contributed by atoms with E-state index in [4.69, 9.17) is 10.5 Å². The zero-order valence-electron chi connectivity index (χ0n) is 11.9. The second-order valence-electron chi connectivity index (χ2n) is 4.77. The number of anilines is 1. The first-order valence-corrected chi connectivity index (χ1v) is 6.60. The van der Waals surface area contributed by atoms with Gasteiger partial charge in [0.1, 0.15) is 11.4 Å². The van der Waals surface area contributed by atoms with Crippen LogP contribution in [0.15, 0.2) is 48.8 Å². The van der Waals surface area contributed by atoms with Crippen molar-refractivity contribution in [2.45, 2.75) is 6.92 Å². The van der Waals surface area contributed by atoms with E-state index in [0.29, 0.717) is 11.4 Å². The van der Waals surface area contributed by atoms with Crippen molar-refractivity contribution in [3.63, 3.8) is 0 Å². The Morgan fingerprint density at radius 3 is 2.76 bits per heavy atom. The Bertz CT molecular complexity index is 765. The third-order valence-electron chi connectivity index (χ3n) is 3.24. The molecule has 0 amide bonds. The van der Waals surface area contributed by atoms with Crippen molar-refractivity contribution < 1.29 is 4.74 Å². The van der Waals surface area contributed by atoms with Gasteiger partial charge in [-0.25, -0.2) is 9.67 Å². The van der Waals surface area contributed by atoms with Gasteiger partial charge in [-0.05, 0) is 31.2 Å². The monoisotopic (exact) mass is 280 g/mol. The number of pyridine rings is 1. The number of hydrogen-bond acceptors (Lipinski definition) is 4. The second kappa shape index (κ2) is 5.28. The van der Waals surface area contributed by atoms with Crippen LogP contribution in [0.25, 0.3) is 17.1 Å². The summed E-state index contributed by atoms with van der Waals surface area (Å²) < 4.78 is 7.08. The van der Waals surface area contributed by atoms with E-state index in [0.717, 1.165) is 22.7 Å². The molecule has 0 saturated heterocycles. The van der Waals surface area contributed by atoms with Crippen molar-refractivity contribution in [2.75, 3.05) is 12.8 Å². The SMILES string of the molecule is COc1ccc(C)cc1-c1nn(-c2ccccn2)cc1N. The van der Waals surface area contributed by atoms with E-state index in [2.05, 4.69) is 10.1 Å². The van der Waals surface area contributed by atoms with E-state index in [-0.39, 0.29) is 0 Å². The Kier molecular flexibility index (Phi) is 3.31. The van der Waals surface area contributed by atoms with Crippen LogP contribution in [-0.4, -0.2) is 21.9 Å². The lowest BCUT2D eigenvalue weighted by Gasteiger charge is -2.08. The van der Waals surface area contributed by atoms with Crippen molar-refractivity contribution in [1.82, 2.24) is 14.8 Å². The number of aromatic nitrogens is 3. The molecule has 0 bridgehead atoms. The van der Waals surface area contributed by atoms with Gasteiger partial charge in [0.2, 0.25) is 0 Å². The number of hydrogen-bond donors (Lipinski definition) is 1. The van der Waals surface area contributed by atoms with E-state index < -0.39 is 0 Å². The van der Waals surface area contributed by atoms with Crippen LogP contribution in [-0.2, 0) is 0 Å². The van der Waals surface area contributed by atoms with Crippen LogP contribution < -0.4 is 10.5 Å². The van der Waals surface area contributed by atoms with Crippen molar-refractivity contribution in [2.24, 2.45) is 0 Å². The minimum absolute atomic E-state index is 0.588. The van der Waals surface area contributed by atoms with Crippen LogP contribution in [0, 0.1) is 6.92 Å². The summed E-state index contributed by atoms with van der Waals surface area (Å²) in [6.07, 6.45) is 3.49. The number of nitrogens with two attached hydrogens (primary N) is 1. The molecule has 0 unspecified atom stereocenters. The largest absolute Gasteiger partial charge is 0.496 e. The summed E-state index contributed by atoms with van der Waals surface area (Å²) in [5.41, 5.74) is 9.40. The van der Waals surface area contributed by atoms with E-state index >= 15 is 0 Å². The average molecular weight is 280 g/mol. The number of ether oxygens (including phenoxy) is 1. The molecule has 0 aliphatic carbocycles. The summed E-state index contributed by atoms with van der Waals surface area (Å²) in [4.78, 5) is 4.27. The summed E-state index contributed by atoms with van der Waals surface area (Å²) in [6, 6.07) is 11.6. The molecule has 0 aliphatic rings. The first kappa shape index (κ1) is 13.2. The van der Waals surface area contributed by atoms with Crippen LogP contribution in [0.4, 0.5) is 5.69 Å². The molecule has 0 radical (unpaired) electrons. The number of nitrogen functional groups attached to an aromatic ring is 1. The molecule has 2 heterocycles. The summed E-state index contributed by atoms with van der Waals surface area (Å²) in [5, 5.41) is 4.55. The highest BCUT2D eigenvalue weighted by atomic mass is 16.5. The van der Waals surface area contributed by atoms with Gasteiger partial charge >= 0.3 is 0 Å². The number of nitrogens with zero attached hydrogens (tertiary/aromatic N) is 3. The molecule has 1 aromatic carbocycles. The predicted octanol–water partition coefficient (Wildman–Crippen LogP) is 2.83. The predicted molar refractivity (Wildman–Crippen MR) is 82.5 cm³/mol. The van der Waals surface area contributed by atoms with Gasteiger partial charge in [-0.15, -0.1) is 0 Å². The fourth-order valence-electron chi connectivity index (χ4n) is 2.21. The summed E-state index contributed by atoms with van der Waals surface area (Å²) in [5.74, 6) is 1.47. The van der Waals surface area contributed by atoms with Crippen LogP contribution in [0.5, 0.6) is 5.75 Å². The molecule has 3 rings (SSSR count). The second-order valence-corrected chi connectivity index (χ2v) is 4.77. The lowest BCUT2D eigenvalue weighted by molar-refractivity contribution is 0.416. The smallest absolute Gasteiger partial charge is 0.153 e. The van der Waals surface area contributed by atoms with Gasteiger partial charge in [-0.3, -0.25) is 0 Å². The lowest BCUT2D eigenvalue weighted by atomic mass is 10.1. The van der Waals surface area contributed by atoms with E-state index in [1.165, 1.54) is 0 Å². The molecule has 2 aromatic heterocycles. The Hall–Kier alpha value is -2.82. The van der Waals surface area contributed by atoms with Crippen molar-refractivity contribution in [3.8, 4) is 22.8 Å². The van der Waals surface area contributed by atoms with E-state index in [9.17, 15) is 0 Å². The third-order valence-corrected chi connectivity index (χ3v) is 3.24. The minimum Gasteiger partial charge on any atom is -0.496 e. The molecule has 0 atom stereocenters. The third kappa shape index (κ3) is 2.45. The normalized spacial score (nSPS) is 10.6. The fraction of sp³-hybridized carbons (Fsp3) is 0.125. The molecule has 21 heavy (non-hydrogen) atoms. The molecule has 3 aromatic rings. The van der Waals surface area contributed by atoms with Crippen LogP contribution >= 0.6 is 0 Å². The first-order valence-electron chi connectivity index (χ1n) is 6.60. The topological polar surface area (TPSA) is 66.0 Å². The first-order chi connectivity index (χ1) is 10.2. The van der Waals surface area contributed by atoms with E-state index in [1.54, 1.807) is 24.2 Å². The molecule has 0 spiro atoms. The van der Waals surface area contributed by atoms with Gasteiger partial charge in [0, 0.05) is 11.8 Å². The Balaban J connectivity index is 2.12. The van der Waals surface area contributed by atoms with Gasteiger partial charge in [-0.1, -0.05) is 17.7 Å². The standard InChI is InChI=1S/C16H16N4O/c1-11-6-7-14(21-2)12(9-11)16-13(17)10-20(19-16)15-5-3-4-8-18-15/h3-10H,17H2,1-2H3. The van der Waals surface area contributed by atoms with Crippen LogP contribution in [0.1, 0.15) is 5.56 Å². The molecule has 0 aliphatic heterocycles. The van der Waals surface area contributed by atoms with Crippen LogP contribution in [0.3, 0.4) is 0 Å². The van der Waals surface area contributed by atoms with E-state index in [1.807, 2.05) is 43.3 Å². The van der Waals surface area contributed by atoms with Gasteiger partial charge in [0.25, 0.3) is 0 Å². The van der Waals surface area contributed by atoms with Gasteiger partial charge < -0.3 is 10.5 Å². The molecule has 106 valence electrons. The lowest BCUT2D eigenvalue weighted by Crippen LogP contribution is -1.97. The highest BCUT2D eigenvalue weighted by molar-refractivity contribution is 5.77. The fourth-order valence-corrected chi connectivity index (χ4v) is 2.21. The maximum atomic E-state index is 6.12.